The van der Waals surface area contributed by atoms with Gasteiger partial charge in [0.25, 0.3) is 0 Å². The summed E-state index contributed by atoms with van der Waals surface area (Å²) in [5.41, 5.74) is 0.950. The lowest BCUT2D eigenvalue weighted by Gasteiger charge is -2.26. The van der Waals surface area contributed by atoms with Gasteiger partial charge in [-0.1, -0.05) is 6.92 Å². The van der Waals surface area contributed by atoms with Crippen molar-refractivity contribution in [1.29, 1.82) is 0 Å². The van der Waals surface area contributed by atoms with Gasteiger partial charge in [-0.2, -0.15) is 0 Å². The third kappa shape index (κ3) is 4.76. The Morgan fingerprint density at radius 1 is 1.12 bits per heavy atom. The molecule has 2 heterocycles. The number of carbonyl (C=O) groups excluding carboxylic acids is 1. The molecule has 0 unspecified atom stereocenters. The monoisotopic (exact) mass is 439 g/mol. The normalized spacial score (nSPS) is 14.4. The Bertz CT molecular complexity index is 1150. The number of carbonyl (C=O) groups is 1. The Morgan fingerprint density at radius 2 is 1.88 bits per heavy atom. The zero-order valence-electron chi connectivity index (χ0n) is 17.8. The number of hydrogen-bond acceptors (Lipinski definition) is 8. The Balaban J connectivity index is 1.56. The minimum absolute atomic E-state index is 0.0156. The molecule has 0 saturated carbocycles. The quantitative estimate of drug-likeness (QED) is 0.557. The van der Waals surface area contributed by atoms with Crippen LogP contribution in [0.4, 0.5) is 0 Å². The molecule has 0 atom stereocenters. The van der Waals surface area contributed by atoms with E-state index in [1.165, 1.54) is 18.4 Å². The van der Waals surface area contributed by atoms with Gasteiger partial charge in [0.1, 0.15) is 23.3 Å². The van der Waals surface area contributed by atoms with Crippen molar-refractivity contribution in [1.82, 2.24) is 4.90 Å². The highest BCUT2D eigenvalue weighted by atomic mass is 16.5. The summed E-state index contributed by atoms with van der Waals surface area (Å²) >= 11 is 0. The van der Waals surface area contributed by atoms with E-state index in [1.807, 2.05) is 6.92 Å². The van der Waals surface area contributed by atoms with E-state index in [4.69, 9.17) is 18.6 Å². The first-order chi connectivity index (χ1) is 15.6. The van der Waals surface area contributed by atoms with Crippen LogP contribution in [0.5, 0.6) is 17.2 Å². The molecule has 8 heteroatoms. The van der Waals surface area contributed by atoms with Crippen LogP contribution in [0.15, 0.2) is 51.9 Å². The van der Waals surface area contributed by atoms with Crippen molar-refractivity contribution >= 4 is 16.9 Å². The number of phenolic OH excluding ortho intramolecular Hbond substituents is 1. The summed E-state index contributed by atoms with van der Waals surface area (Å²) in [7, 11) is 0. The second kappa shape index (κ2) is 9.84. The summed E-state index contributed by atoms with van der Waals surface area (Å²) in [5.74, 6) is 0.0698. The number of morpholine rings is 1. The molecule has 1 N–H and O–H groups in total. The predicted octanol–water partition coefficient (Wildman–Crippen LogP) is 3.69. The van der Waals surface area contributed by atoms with Gasteiger partial charge >= 0.3 is 5.97 Å². The topological polar surface area (TPSA) is 98.4 Å². The molecular weight excluding hydrogens is 414 g/mol. The van der Waals surface area contributed by atoms with E-state index in [1.54, 1.807) is 24.3 Å². The van der Waals surface area contributed by atoms with Crippen molar-refractivity contribution in [3.63, 3.8) is 0 Å². The lowest BCUT2D eigenvalue weighted by molar-refractivity contribution is 0.0339. The second-order valence-corrected chi connectivity index (χ2v) is 7.52. The molecular formula is C24H25NO7. The zero-order chi connectivity index (χ0) is 22.5. The third-order valence-electron chi connectivity index (χ3n) is 5.23. The second-order valence-electron chi connectivity index (χ2n) is 7.52. The van der Waals surface area contributed by atoms with E-state index < -0.39 is 5.97 Å². The fourth-order valence-electron chi connectivity index (χ4n) is 3.50. The SMILES string of the molecule is CCCOC(=O)c1ccc(Oc2coc3c(CN4CCOCC4)c(O)ccc3c2=O)cc1. The van der Waals surface area contributed by atoms with E-state index in [0.717, 1.165) is 19.5 Å². The van der Waals surface area contributed by atoms with Crippen LogP contribution in [0.25, 0.3) is 11.0 Å². The summed E-state index contributed by atoms with van der Waals surface area (Å²) in [6.07, 6.45) is 1.99. The zero-order valence-corrected chi connectivity index (χ0v) is 17.8. The molecule has 8 nitrogen and oxygen atoms in total. The first-order valence-corrected chi connectivity index (χ1v) is 10.6. The number of phenols is 1. The maximum Gasteiger partial charge on any atom is 0.338 e. The van der Waals surface area contributed by atoms with Crippen molar-refractivity contribution in [3.8, 4) is 17.2 Å². The molecule has 1 aliphatic heterocycles. The van der Waals surface area contributed by atoms with Crippen LogP contribution in [0.2, 0.25) is 0 Å². The lowest BCUT2D eigenvalue weighted by atomic mass is 10.1. The highest BCUT2D eigenvalue weighted by molar-refractivity contribution is 5.89. The number of hydrogen-bond donors (Lipinski definition) is 1. The Hall–Kier alpha value is -3.36. The number of fused-ring (bicyclic) bond motifs is 1. The van der Waals surface area contributed by atoms with Gasteiger partial charge in [0.15, 0.2) is 0 Å². The molecule has 4 rings (SSSR count). The van der Waals surface area contributed by atoms with E-state index >= 15 is 0 Å². The fourth-order valence-corrected chi connectivity index (χ4v) is 3.50. The number of benzene rings is 2. The molecule has 1 saturated heterocycles. The summed E-state index contributed by atoms with van der Waals surface area (Å²) in [4.78, 5) is 27.1. The van der Waals surface area contributed by atoms with Gasteiger partial charge in [0, 0.05) is 19.6 Å². The molecule has 168 valence electrons. The number of nitrogens with zero attached hydrogens (tertiary/aromatic N) is 1. The van der Waals surface area contributed by atoms with Crippen molar-refractivity contribution in [2.75, 3.05) is 32.9 Å². The molecule has 32 heavy (non-hydrogen) atoms. The van der Waals surface area contributed by atoms with Crippen molar-refractivity contribution < 1.29 is 28.5 Å². The average molecular weight is 439 g/mol. The van der Waals surface area contributed by atoms with Crippen molar-refractivity contribution in [2.45, 2.75) is 19.9 Å². The van der Waals surface area contributed by atoms with Gasteiger partial charge in [0.05, 0.1) is 36.3 Å². The Morgan fingerprint density at radius 3 is 2.59 bits per heavy atom. The van der Waals surface area contributed by atoms with Crippen molar-refractivity contribution in [2.24, 2.45) is 0 Å². The summed E-state index contributed by atoms with van der Waals surface area (Å²) in [6, 6.07) is 9.36. The van der Waals surface area contributed by atoms with Gasteiger partial charge < -0.3 is 23.7 Å². The highest BCUT2D eigenvalue weighted by Gasteiger charge is 2.19. The number of esters is 1. The van der Waals surface area contributed by atoms with Crippen LogP contribution in [0.3, 0.4) is 0 Å². The maximum atomic E-state index is 13.0. The maximum absolute atomic E-state index is 13.0. The average Bonchev–Trinajstić information content (AvgIpc) is 2.82. The molecule has 0 radical (unpaired) electrons. The molecule has 2 aromatic carbocycles. The molecule has 3 aromatic rings. The largest absolute Gasteiger partial charge is 0.507 e. The van der Waals surface area contributed by atoms with E-state index in [9.17, 15) is 14.7 Å². The number of ether oxygens (including phenoxy) is 3. The molecule has 0 aliphatic carbocycles. The standard InChI is InChI=1S/C24H25NO7/c1-2-11-30-24(28)16-3-5-17(6-4-16)32-21-15-31-23-18(22(21)27)7-8-20(26)19(23)14-25-9-12-29-13-10-25/h3-8,15,26H,2,9-14H2,1H3. The van der Waals surface area contributed by atoms with Crippen molar-refractivity contribution in [3.05, 3.63) is 64.0 Å². The van der Waals surface area contributed by atoms with Gasteiger partial charge in [-0.05, 0) is 42.8 Å². The molecule has 0 bridgehead atoms. The minimum Gasteiger partial charge on any atom is -0.507 e. The van der Waals surface area contributed by atoms with E-state index in [-0.39, 0.29) is 16.9 Å². The molecule has 1 aromatic heterocycles. The summed E-state index contributed by atoms with van der Waals surface area (Å²) in [5, 5.41) is 10.7. The fraction of sp³-hybridized carbons (Fsp3) is 0.333. The molecule has 0 spiro atoms. The smallest absolute Gasteiger partial charge is 0.338 e. The van der Waals surface area contributed by atoms with Crippen LogP contribution in [-0.4, -0.2) is 48.9 Å². The first-order valence-electron chi connectivity index (χ1n) is 10.6. The molecule has 0 amide bonds. The highest BCUT2D eigenvalue weighted by Crippen LogP contribution is 2.29. The van der Waals surface area contributed by atoms with Crippen LogP contribution < -0.4 is 10.2 Å². The van der Waals surface area contributed by atoms with Crippen LogP contribution >= 0.6 is 0 Å². The third-order valence-corrected chi connectivity index (χ3v) is 5.23. The minimum atomic E-state index is -0.406. The van der Waals surface area contributed by atoms with Gasteiger partial charge in [-0.3, -0.25) is 9.69 Å². The molecule has 1 aliphatic rings. The van der Waals surface area contributed by atoms with E-state index in [0.29, 0.717) is 54.2 Å². The van der Waals surface area contributed by atoms with Gasteiger partial charge in [0.2, 0.25) is 11.2 Å². The van der Waals surface area contributed by atoms with Crippen LogP contribution in [0.1, 0.15) is 29.3 Å². The molecule has 1 fully saturated rings. The van der Waals surface area contributed by atoms with Crippen LogP contribution in [0, 0.1) is 0 Å². The summed E-state index contributed by atoms with van der Waals surface area (Å²) in [6.45, 7) is 5.47. The number of rotatable bonds is 7. The number of aromatic hydroxyl groups is 1. The predicted molar refractivity (Wildman–Crippen MR) is 117 cm³/mol. The Labute approximate surface area is 184 Å². The van der Waals surface area contributed by atoms with E-state index in [2.05, 4.69) is 4.90 Å². The first kappa shape index (κ1) is 21.9. The lowest BCUT2D eigenvalue weighted by Crippen LogP contribution is -2.35. The van der Waals surface area contributed by atoms with Gasteiger partial charge in [-0.25, -0.2) is 4.79 Å². The Kier molecular flexibility index (Phi) is 6.72. The summed E-state index contributed by atoms with van der Waals surface area (Å²) < 4.78 is 21.9. The van der Waals surface area contributed by atoms with Gasteiger partial charge in [-0.15, -0.1) is 0 Å². The van der Waals surface area contributed by atoms with Crippen LogP contribution in [-0.2, 0) is 16.0 Å².